The second kappa shape index (κ2) is 12.3. The lowest BCUT2D eigenvalue weighted by Crippen LogP contribution is -2.50. The molecule has 1 unspecified atom stereocenters. The molecule has 8 nitrogen and oxygen atoms in total. The first-order chi connectivity index (χ1) is 16.9. The SMILES string of the molecule is CN(CCC(=O)Nc1ccc(N2CCN(C(=O)OC(C)(C)C)CC2)cc1)S(=O)c1cccc(Cl)c1Cl. The molecule has 1 atom stereocenters. The first-order valence-corrected chi connectivity index (χ1v) is 13.5. The number of nitrogens with zero attached hydrogens (tertiary/aromatic N) is 3. The third-order valence-corrected chi connectivity index (χ3v) is 7.88. The lowest BCUT2D eigenvalue weighted by Gasteiger charge is -2.36. The number of rotatable bonds is 7. The molecule has 3 rings (SSSR count). The maximum absolute atomic E-state index is 12.7. The lowest BCUT2D eigenvalue weighted by molar-refractivity contribution is -0.116. The molecular weight excluding hydrogens is 523 g/mol. The number of nitrogens with one attached hydrogen (secondary N) is 1. The van der Waals surface area contributed by atoms with E-state index in [1.54, 1.807) is 34.5 Å². The predicted octanol–water partition coefficient (Wildman–Crippen LogP) is 5.03. The summed E-state index contributed by atoms with van der Waals surface area (Å²) in [6.07, 6.45) is -0.125. The van der Waals surface area contributed by atoms with Crippen molar-refractivity contribution < 1.29 is 18.5 Å². The van der Waals surface area contributed by atoms with Gasteiger partial charge >= 0.3 is 6.09 Å². The molecule has 2 aromatic carbocycles. The molecule has 0 radical (unpaired) electrons. The molecule has 0 saturated carbocycles. The number of hydrogen-bond acceptors (Lipinski definition) is 5. The molecule has 2 aromatic rings. The van der Waals surface area contributed by atoms with E-state index in [0.29, 0.717) is 41.8 Å². The number of benzene rings is 2. The van der Waals surface area contributed by atoms with Crippen molar-refractivity contribution >= 4 is 57.6 Å². The van der Waals surface area contributed by atoms with Gasteiger partial charge in [0.2, 0.25) is 5.91 Å². The Morgan fingerprint density at radius 3 is 2.31 bits per heavy atom. The van der Waals surface area contributed by atoms with Crippen LogP contribution in [0, 0.1) is 0 Å². The number of piperazine rings is 1. The number of hydrogen-bond donors (Lipinski definition) is 1. The summed E-state index contributed by atoms with van der Waals surface area (Å²) in [5.41, 5.74) is 1.19. The van der Waals surface area contributed by atoms with Gasteiger partial charge in [0.25, 0.3) is 0 Å². The van der Waals surface area contributed by atoms with Gasteiger partial charge in [-0.15, -0.1) is 0 Å². The standard InChI is InChI=1S/C25H32Cl2N4O4S/c1-25(2,3)35-24(33)31-16-14-30(15-17-31)19-10-8-18(9-11-19)28-22(32)12-13-29(4)36(34)21-7-5-6-20(26)23(21)27/h5-11H,12-17H2,1-4H3,(H,28,32). The molecule has 1 heterocycles. The number of carbonyl (C=O) groups excluding carboxylic acids is 2. The zero-order valence-electron chi connectivity index (χ0n) is 20.9. The average molecular weight is 556 g/mol. The van der Waals surface area contributed by atoms with Gasteiger partial charge in [-0.1, -0.05) is 29.3 Å². The van der Waals surface area contributed by atoms with Crippen molar-refractivity contribution in [3.63, 3.8) is 0 Å². The molecule has 1 saturated heterocycles. The predicted molar refractivity (Wildman–Crippen MR) is 145 cm³/mol. The number of ether oxygens (including phenoxy) is 1. The fraction of sp³-hybridized carbons (Fsp3) is 0.440. The van der Waals surface area contributed by atoms with E-state index in [9.17, 15) is 13.8 Å². The van der Waals surface area contributed by atoms with Gasteiger partial charge < -0.3 is 19.9 Å². The molecule has 1 N–H and O–H groups in total. The lowest BCUT2D eigenvalue weighted by atomic mass is 10.2. The maximum atomic E-state index is 12.7. The first kappa shape index (κ1) is 28.2. The first-order valence-electron chi connectivity index (χ1n) is 11.6. The number of amides is 2. The van der Waals surface area contributed by atoms with Crippen LogP contribution in [0.2, 0.25) is 10.0 Å². The van der Waals surface area contributed by atoms with Crippen LogP contribution < -0.4 is 10.2 Å². The molecule has 1 aliphatic heterocycles. The Morgan fingerprint density at radius 1 is 1.06 bits per heavy atom. The highest BCUT2D eigenvalue weighted by Crippen LogP contribution is 2.29. The Morgan fingerprint density at radius 2 is 1.69 bits per heavy atom. The highest BCUT2D eigenvalue weighted by Gasteiger charge is 2.26. The van der Waals surface area contributed by atoms with E-state index in [1.165, 1.54) is 0 Å². The molecule has 196 valence electrons. The third kappa shape index (κ3) is 7.83. The van der Waals surface area contributed by atoms with Crippen molar-refractivity contribution in [1.82, 2.24) is 9.21 Å². The van der Waals surface area contributed by atoms with E-state index in [4.69, 9.17) is 27.9 Å². The van der Waals surface area contributed by atoms with Crippen molar-refractivity contribution in [2.45, 2.75) is 37.7 Å². The molecular formula is C25H32Cl2N4O4S. The van der Waals surface area contributed by atoms with E-state index in [1.807, 2.05) is 45.0 Å². The Balaban J connectivity index is 1.46. The third-order valence-electron chi connectivity index (χ3n) is 5.49. The smallest absolute Gasteiger partial charge is 0.410 e. The quantitative estimate of drug-likeness (QED) is 0.518. The van der Waals surface area contributed by atoms with E-state index < -0.39 is 16.6 Å². The van der Waals surface area contributed by atoms with Crippen LogP contribution in [-0.2, 0) is 20.5 Å². The van der Waals surface area contributed by atoms with E-state index in [2.05, 4.69) is 10.2 Å². The largest absolute Gasteiger partial charge is 0.444 e. The minimum Gasteiger partial charge on any atom is -0.444 e. The van der Waals surface area contributed by atoms with Gasteiger partial charge in [0, 0.05) is 57.6 Å². The van der Waals surface area contributed by atoms with Crippen LogP contribution in [0.5, 0.6) is 0 Å². The van der Waals surface area contributed by atoms with Crippen molar-refractivity contribution in [3.8, 4) is 0 Å². The summed E-state index contributed by atoms with van der Waals surface area (Å²) in [5.74, 6) is -0.185. The molecule has 2 amide bonds. The Hall–Kier alpha value is -2.33. The maximum Gasteiger partial charge on any atom is 0.410 e. The number of anilines is 2. The topological polar surface area (TPSA) is 82.2 Å². The second-order valence-corrected chi connectivity index (χ2v) is 11.8. The van der Waals surface area contributed by atoms with Crippen molar-refractivity contribution in [3.05, 3.63) is 52.5 Å². The Labute approximate surface area is 225 Å². The Bertz CT molecular complexity index is 1100. The zero-order valence-corrected chi connectivity index (χ0v) is 23.3. The normalized spacial score (nSPS) is 15.1. The summed E-state index contributed by atoms with van der Waals surface area (Å²) < 4.78 is 19.7. The van der Waals surface area contributed by atoms with E-state index in [0.717, 1.165) is 5.69 Å². The molecule has 0 bridgehead atoms. The summed E-state index contributed by atoms with van der Waals surface area (Å²) in [5, 5.41) is 3.46. The highest BCUT2D eigenvalue weighted by atomic mass is 35.5. The van der Waals surface area contributed by atoms with Crippen LogP contribution >= 0.6 is 23.2 Å². The number of carbonyl (C=O) groups is 2. The molecule has 11 heteroatoms. The summed E-state index contributed by atoms with van der Waals surface area (Å²) in [6, 6.07) is 12.6. The van der Waals surface area contributed by atoms with Crippen molar-refractivity contribution in [2.24, 2.45) is 0 Å². The molecule has 0 aromatic heterocycles. The molecule has 0 spiro atoms. The molecule has 1 aliphatic rings. The average Bonchev–Trinajstić information content (AvgIpc) is 2.83. The van der Waals surface area contributed by atoms with Crippen LogP contribution in [0.1, 0.15) is 27.2 Å². The van der Waals surface area contributed by atoms with Gasteiger partial charge in [0.1, 0.15) is 16.6 Å². The van der Waals surface area contributed by atoms with Gasteiger partial charge in [-0.05, 0) is 57.2 Å². The van der Waals surface area contributed by atoms with Crippen LogP contribution in [-0.4, -0.2) is 70.8 Å². The van der Waals surface area contributed by atoms with Gasteiger partial charge in [-0.3, -0.25) is 4.79 Å². The fourth-order valence-electron chi connectivity index (χ4n) is 3.58. The zero-order chi connectivity index (χ0) is 26.5. The van der Waals surface area contributed by atoms with E-state index in [-0.39, 0.29) is 30.0 Å². The summed E-state index contributed by atoms with van der Waals surface area (Å²) in [6.45, 7) is 8.43. The van der Waals surface area contributed by atoms with Crippen molar-refractivity contribution in [1.29, 1.82) is 0 Å². The van der Waals surface area contributed by atoms with Gasteiger partial charge in [-0.2, -0.15) is 0 Å². The molecule has 36 heavy (non-hydrogen) atoms. The summed E-state index contributed by atoms with van der Waals surface area (Å²) in [4.78, 5) is 29.0. The highest BCUT2D eigenvalue weighted by molar-refractivity contribution is 7.82. The monoisotopic (exact) mass is 554 g/mol. The summed E-state index contributed by atoms with van der Waals surface area (Å²) >= 11 is 12.2. The van der Waals surface area contributed by atoms with Gasteiger partial charge in [0.05, 0.1) is 14.9 Å². The van der Waals surface area contributed by atoms with E-state index >= 15 is 0 Å². The summed E-state index contributed by atoms with van der Waals surface area (Å²) in [7, 11) is 0.134. The fourth-order valence-corrected chi connectivity index (χ4v) is 5.19. The van der Waals surface area contributed by atoms with Crippen molar-refractivity contribution in [2.75, 3.05) is 50.0 Å². The van der Waals surface area contributed by atoms with Gasteiger partial charge in [0.15, 0.2) is 0 Å². The van der Waals surface area contributed by atoms with Crippen LogP contribution in [0.4, 0.5) is 16.2 Å². The second-order valence-electron chi connectivity index (χ2n) is 9.45. The van der Waals surface area contributed by atoms with Crippen LogP contribution in [0.25, 0.3) is 0 Å². The minimum absolute atomic E-state index is 0.162. The number of halogens is 2. The molecule has 0 aliphatic carbocycles. The van der Waals surface area contributed by atoms with Crippen LogP contribution in [0.3, 0.4) is 0 Å². The minimum atomic E-state index is -1.53. The van der Waals surface area contributed by atoms with Crippen LogP contribution in [0.15, 0.2) is 47.4 Å². The molecule has 1 fully saturated rings. The van der Waals surface area contributed by atoms with Gasteiger partial charge in [-0.25, -0.2) is 13.3 Å². The Kier molecular flexibility index (Phi) is 9.63.